The molecule has 0 aliphatic heterocycles. The lowest BCUT2D eigenvalue weighted by atomic mass is 9.69. The Bertz CT molecular complexity index is 329. The Balaban J connectivity index is 2.98. The molecule has 0 aromatic rings. The topological polar surface area (TPSA) is 69.7 Å². The zero-order chi connectivity index (χ0) is 13.8. The summed E-state index contributed by atoms with van der Waals surface area (Å²) in [5.41, 5.74) is -1.29. The van der Waals surface area contributed by atoms with Crippen molar-refractivity contribution in [2.24, 2.45) is 11.3 Å². The molecule has 0 amide bonds. The number of carbonyl (C=O) groups is 3. The zero-order valence-corrected chi connectivity index (χ0v) is 11.2. The molecular weight excluding hydrogens is 236 g/mol. The molecule has 1 fully saturated rings. The van der Waals surface area contributed by atoms with E-state index in [9.17, 15) is 14.4 Å². The largest absolute Gasteiger partial charge is 0.465 e. The van der Waals surface area contributed by atoms with E-state index in [1.165, 1.54) is 0 Å². The van der Waals surface area contributed by atoms with E-state index in [1.54, 1.807) is 20.8 Å². The van der Waals surface area contributed by atoms with Crippen LogP contribution in [0.2, 0.25) is 0 Å². The van der Waals surface area contributed by atoms with Gasteiger partial charge in [0.25, 0.3) is 0 Å². The molecule has 1 aliphatic rings. The van der Waals surface area contributed by atoms with E-state index in [1.807, 2.05) is 0 Å². The number of Topliss-reactive ketones (excluding diaryl/α,β-unsaturated/α-hetero) is 1. The third-order valence-corrected chi connectivity index (χ3v) is 3.33. The van der Waals surface area contributed by atoms with Crippen LogP contribution in [0, 0.1) is 11.3 Å². The Labute approximate surface area is 107 Å². The second-order valence-electron chi connectivity index (χ2n) is 4.59. The Morgan fingerprint density at radius 2 is 1.72 bits per heavy atom. The van der Waals surface area contributed by atoms with Crippen LogP contribution in [0.15, 0.2) is 0 Å². The van der Waals surface area contributed by atoms with Crippen molar-refractivity contribution in [2.75, 3.05) is 13.2 Å². The average molecular weight is 256 g/mol. The van der Waals surface area contributed by atoms with Gasteiger partial charge in [-0.05, 0) is 26.7 Å². The summed E-state index contributed by atoms with van der Waals surface area (Å²) in [6, 6.07) is 0. The first-order valence-electron chi connectivity index (χ1n) is 6.35. The van der Waals surface area contributed by atoms with E-state index in [4.69, 9.17) is 9.47 Å². The smallest absolute Gasteiger partial charge is 0.323 e. The van der Waals surface area contributed by atoms with Gasteiger partial charge in [-0.15, -0.1) is 0 Å². The van der Waals surface area contributed by atoms with Crippen LogP contribution in [0.25, 0.3) is 0 Å². The Morgan fingerprint density at radius 3 is 2.11 bits per heavy atom. The van der Waals surface area contributed by atoms with Crippen LogP contribution in [0.3, 0.4) is 0 Å². The number of carbonyl (C=O) groups excluding carboxylic acids is 3. The van der Waals surface area contributed by atoms with Crippen LogP contribution in [0.1, 0.15) is 40.0 Å². The summed E-state index contributed by atoms with van der Waals surface area (Å²) in [5, 5.41) is 0. The zero-order valence-electron chi connectivity index (χ0n) is 11.2. The molecule has 1 unspecified atom stereocenters. The monoisotopic (exact) mass is 256 g/mol. The number of esters is 2. The molecule has 5 nitrogen and oxygen atoms in total. The highest BCUT2D eigenvalue weighted by atomic mass is 16.6. The Morgan fingerprint density at radius 1 is 1.22 bits per heavy atom. The van der Waals surface area contributed by atoms with Crippen LogP contribution in [0.5, 0.6) is 0 Å². The van der Waals surface area contributed by atoms with E-state index < -0.39 is 17.4 Å². The molecular formula is C13H20O5. The molecule has 0 spiro atoms. The second kappa shape index (κ2) is 5.98. The molecule has 1 rings (SSSR count). The summed E-state index contributed by atoms with van der Waals surface area (Å²) in [7, 11) is 0. The van der Waals surface area contributed by atoms with Crippen molar-refractivity contribution in [2.45, 2.75) is 40.0 Å². The van der Waals surface area contributed by atoms with Crippen LogP contribution in [-0.2, 0) is 23.9 Å². The number of rotatable bonds is 4. The van der Waals surface area contributed by atoms with Gasteiger partial charge >= 0.3 is 11.9 Å². The molecule has 0 aromatic carbocycles. The summed E-state index contributed by atoms with van der Waals surface area (Å²) in [5.74, 6) is -1.36. The van der Waals surface area contributed by atoms with E-state index in [2.05, 4.69) is 0 Å². The molecule has 1 atom stereocenters. The maximum Gasteiger partial charge on any atom is 0.323 e. The van der Waals surface area contributed by atoms with Crippen molar-refractivity contribution in [1.82, 2.24) is 0 Å². The lowest BCUT2D eigenvalue weighted by Gasteiger charge is -2.34. The lowest BCUT2D eigenvalue weighted by molar-refractivity contribution is -0.176. The number of hydrogen-bond acceptors (Lipinski definition) is 5. The first-order valence-corrected chi connectivity index (χ1v) is 6.35. The molecule has 0 heterocycles. The Kier molecular flexibility index (Phi) is 4.87. The van der Waals surface area contributed by atoms with Gasteiger partial charge in [-0.2, -0.15) is 0 Å². The lowest BCUT2D eigenvalue weighted by Crippen LogP contribution is -2.47. The summed E-state index contributed by atoms with van der Waals surface area (Å²) in [4.78, 5) is 35.6. The molecule has 0 N–H and O–H groups in total. The maximum absolute atomic E-state index is 12.1. The standard InChI is InChI=1S/C13H20O5/c1-4-17-11(15)13(12(16)18-5-2)7-6-10(14)9(3)8-13/h9H,4-8H2,1-3H3. The van der Waals surface area contributed by atoms with Crippen LogP contribution in [-0.4, -0.2) is 30.9 Å². The molecule has 0 bridgehead atoms. The summed E-state index contributed by atoms with van der Waals surface area (Å²) in [6.45, 7) is 5.53. The number of hydrogen-bond donors (Lipinski definition) is 0. The Hall–Kier alpha value is -1.39. The highest BCUT2D eigenvalue weighted by molar-refractivity contribution is 6.02. The molecule has 102 valence electrons. The highest BCUT2D eigenvalue weighted by Gasteiger charge is 2.52. The maximum atomic E-state index is 12.1. The third kappa shape index (κ3) is 2.71. The van der Waals surface area contributed by atoms with E-state index in [0.29, 0.717) is 0 Å². The van der Waals surface area contributed by atoms with Crippen LogP contribution in [0.4, 0.5) is 0 Å². The molecule has 0 saturated heterocycles. The van der Waals surface area contributed by atoms with Crippen molar-refractivity contribution in [3.63, 3.8) is 0 Å². The summed E-state index contributed by atoms with van der Waals surface area (Å²) in [6.07, 6.45) is 0.593. The van der Waals surface area contributed by atoms with Gasteiger partial charge in [-0.1, -0.05) is 6.92 Å². The first kappa shape index (κ1) is 14.7. The fourth-order valence-electron chi connectivity index (χ4n) is 2.31. The van der Waals surface area contributed by atoms with Gasteiger partial charge in [-0.25, -0.2) is 0 Å². The van der Waals surface area contributed by atoms with Gasteiger partial charge in [-0.3, -0.25) is 14.4 Å². The number of ether oxygens (including phenoxy) is 2. The fourth-order valence-corrected chi connectivity index (χ4v) is 2.31. The minimum absolute atomic E-state index is 0.0826. The molecule has 5 heteroatoms. The summed E-state index contributed by atoms with van der Waals surface area (Å²) < 4.78 is 9.97. The normalized spacial score (nSPS) is 22.4. The van der Waals surface area contributed by atoms with Crippen LogP contribution < -0.4 is 0 Å². The van der Waals surface area contributed by atoms with Crippen molar-refractivity contribution in [1.29, 1.82) is 0 Å². The van der Waals surface area contributed by atoms with Crippen molar-refractivity contribution >= 4 is 17.7 Å². The highest BCUT2D eigenvalue weighted by Crippen LogP contribution is 2.40. The molecule has 1 aliphatic carbocycles. The van der Waals surface area contributed by atoms with Gasteiger partial charge in [0, 0.05) is 12.3 Å². The first-order chi connectivity index (χ1) is 8.47. The molecule has 0 aromatic heterocycles. The van der Waals surface area contributed by atoms with Gasteiger partial charge in [0.2, 0.25) is 0 Å². The predicted octanol–water partition coefficient (Wildman–Crippen LogP) is 1.49. The van der Waals surface area contributed by atoms with Crippen LogP contribution >= 0.6 is 0 Å². The van der Waals surface area contributed by atoms with Crippen molar-refractivity contribution in [3.8, 4) is 0 Å². The van der Waals surface area contributed by atoms with E-state index in [-0.39, 0.29) is 44.2 Å². The minimum atomic E-state index is -1.29. The molecule has 0 radical (unpaired) electrons. The van der Waals surface area contributed by atoms with Gasteiger partial charge in [0.1, 0.15) is 5.78 Å². The van der Waals surface area contributed by atoms with Gasteiger partial charge in [0.15, 0.2) is 5.41 Å². The second-order valence-corrected chi connectivity index (χ2v) is 4.59. The minimum Gasteiger partial charge on any atom is -0.465 e. The fraction of sp³-hybridized carbons (Fsp3) is 0.769. The quantitative estimate of drug-likeness (QED) is 0.563. The van der Waals surface area contributed by atoms with E-state index >= 15 is 0 Å². The SMILES string of the molecule is CCOC(=O)C1(C(=O)OCC)CCC(=O)C(C)C1. The van der Waals surface area contributed by atoms with Gasteiger partial charge in [0.05, 0.1) is 13.2 Å². The average Bonchev–Trinajstić information content (AvgIpc) is 2.33. The van der Waals surface area contributed by atoms with Gasteiger partial charge < -0.3 is 9.47 Å². The third-order valence-electron chi connectivity index (χ3n) is 3.33. The predicted molar refractivity (Wildman–Crippen MR) is 63.7 cm³/mol. The van der Waals surface area contributed by atoms with Crippen molar-refractivity contribution in [3.05, 3.63) is 0 Å². The van der Waals surface area contributed by atoms with Crippen molar-refractivity contribution < 1.29 is 23.9 Å². The number of ketones is 1. The molecule has 1 saturated carbocycles. The summed E-state index contributed by atoms with van der Waals surface area (Å²) >= 11 is 0. The van der Waals surface area contributed by atoms with E-state index in [0.717, 1.165) is 0 Å². The molecule has 18 heavy (non-hydrogen) atoms.